The van der Waals surface area contributed by atoms with Gasteiger partial charge in [0.2, 0.25) is 3.79 Å². The molecule has 1 heterocycles. The zero-order valence-corrected chi connectivity index (χ0v) is 13.0. The molecule has 0 spiro atoms. The summed E-state index contributed by atoms with van der Waals surface area (Å²) in [7, 11) is 0. The molecule has 106 valence electrons. The average molecular weight is 347 g/mol. The fourth-order valence-corrected chi connectivity index (χ4v) is 2.40. The van der Waals surface area contributed by atoms with Gasteiger partial charge < -0.3 is 9.84 Å². The first-order chi connectivity index (χ1) is 8.61. The molecule has 0 bridgehead atoms. The minimum atomic E-state index is -1.69. The van der Waals surface area contributed by atoms with E-state index in [1.807, 2.05) is 0 Å². The summed E-state index contributed by atoms with van der Waals surface area (Å²) >= 11 is 17.2. The van der Waals surface area contributed by atoms with Crippen molar-refractivity contribution < 1.29 is 19.4 Å². The van der Waals surface area contributed by atoms with Crippen LogP contribution in [0, 0.1) is 13.8 Å². The van der Waals surface area contributed by atoms with Gasteiger partial charge in [0.05, 0.1) is 0 Å². The van der Waals surface area contributed by atoms with Gasteiger partial charge in [0.25, 0.3) is 0 Å². The molecule has 19 heavy (non-hydrogen) atoms. The van der Waals surface area contributed by atoms with E-state index in [9.17, 15) is 9.59 Å². The van der Waals surface area contributed by atoms with Crippen molar-refractivity contribution in [3.05, 3.63) is 16.0 Å². The number of alkyl halides is 3. The number of ether oxygens (including phenoxy) is 1. The largest absolute Gasteiger partial charge is 0.477 e. The highest BCUT2D eigenvalue weighted by Crippen LogP contribution is 2.32. The van der Waals surface area contributed by atoms with Crippen LogP contribution in [0.15, 0.2) is 0 Å². The second-order valence-corrected chi connectivity index (χ2v) is 7.17. The Kier molecular flexibility index (Phi) is 5.32. The molecule has 0 atom stereocenters. The second-order valence-electron chi connectivity index (χ2n) is 3.63. The van der Waals surface area contributed by atoms with Crippen LogP contribution in [-0.2, 0) is 4.74 Å². The molecule has 1 aromatic heterocycles. The maximum absolute atomic E-state index is 11.5. The van der Waals surface area contributed by atoms with Crippen molar-refractivity contribution in [2.75, 3.05) is 11.9 Å². The summed E-state index contributed by atoms with van der Waals surface area (Å²) in [5.41, 5.74) is 1.25. The summed E-state index contributed by atoms with van der Waals surface area (Å²) in [6, 6.07) is 0. The van der Waals surface area contributed by atoms with Crippen LogP contribution in [0.4, 0.5) is 9.80 Å². The number of carboxylic acid groups (broad SMARTS) is 1. The normalized spacial score (nSPS) is 11.2. The highest BCUT2D eigenvalue weighted by Gasteiger charge is 2.23. The van der Waals surface area contributed by atoms with Crippen molar-refractivity contribution in [2.24, 2.45) is 0 Å². The van der Waals surface area contributed by atoms with E-state index in [1.54, 1.807) is 13.8 Å². The lowest BCUT2D eigenvalue weighted by molar-refractivity contribution is 0.0701. The van der Waals surface area contributed by atoms with Gasteiger partial charge >= 0.3 is 12.1 Å². The predicted octanol–water partition coefficient (Wildman–Crippen LogP) is 3.98. The Morgan fingerprint density at radius 1 is 1.32 bits per heavy atom. The monoisotopic (exact) mass is 345 g/mol. The van der Waals surface area contributed by atoms with Gasteiger partial charge in [-0.25, -0.2) is 9.59 Å². The molecule has 0 aliphatic carbocycles. The van der Waals surface area contributed by atoms with E-state index in [2.05, 4.69) is 10.1 Å². The van der Waals surface area contributed by atoms with E-state index in [-0.39, 0.29) is 4.88 Å². The molecule has 1 rings (SSSR count). The Balaban J connectivity index is 2.75. The standard InChI is InChI=1S/C10H10Cl3NO4S/c1-4-5(2)7(19-6(4)8(15)16)14-9(17)18-3-10(11,12)13/h3H2,1-2H3,(H,14,17)(H,15,16). The maximum Gasteiger partial charge on any atom is 0.412 e. The molecule has 5 nitrogen and oxygen atoms in total. The SMILES string of the molecule is Cc1c(NC(=O)OCC(Cl)(Cl)Cl)sc(C(=O)O)c1C. The summed E-state index contributed by atoms with van der Waals surface area (Å²) in [6.45, 7) is 2.95. The molecular formula is C10H10Cl3NO4S. The van der Waals surface area contributed by atoms with Gasteiger partial charge in [-0.2, -0.15) is 0 Å². The Labute approximate surface area is 128 Å². The van der Waals surface area contributed by atoms with Crippen LogP contribution in [0.1, 0.15) is 20.8 Å². The minimum Gasteiger partial charge on any atom is -0.477 e. The molecule has 2 N–H and O–H groups in total. The van der Waals surface area contributed by atoms with Crippen LogP contribution < -0.4 is 5.32 Å². The molecule has 0 fully saturated rings. The summed E-state index contributed by atoms with van der Waals surface area (Å²) in [6.07, 6.45) is -0.812. The van der Waals surface area contributed by atoms with E-state index in [0.717, 1.165) is 11.3 Å². The number of nitrogens with one attached hydrogen (secondary N) is 1. The van der Waals surface area contributed by atoms with Gasteiger partial charge in [0, 0.05) is 0 Å². The van der Waals surface area contributed by atoms with Gasteiger partial charge in [0.1, 0.15) is 16.5 Å². The lowest BCUT2D eigenvalue weighted by Gasteiger charge is -2.11. The van der Waals surface area contributed by atoms with Crippen molar-refractivity contribution in [3.8, 4) is 0 Å². The number of amides is 1. The van der Waals surface area contributed by atoms with Gasteiger partial charge in [-0.1, -0.05) is 34.8 Å². The first-order valence-electron chi connectivity index (χ1n) is 4.95. The number of aromatic carboxylic acids is 1. The molecule has 0 aliphatic rings. The van der Waals surface area contributed by atoms with Gasteiger partial charge in [-0.3, -0.25) is 5.32 Å². The second kappa shape index (κ2) is 6.17. The molecule has 0 saturated heterocycles. The molecule has 0 aromatic carbocycles. The van der Waals surface area contributed by atoms with Crippen LogP contribution >= 0.6 is 46.1 Å². The van der Waals surface area contributed by atoms with E-state index in [0.29, 0.717) is 16.1 Å². The Morgan fingerprint density at radius 3 is 2.32 bits per heavy atom. The van der Waals surface area contributed by atoms with Crippen molar-refractivity contribution >= 4 is 63.2 Å². The van der Waals surface area contributed by atoms with Crippen molar-refractivity contribution in [1.82, 2.24) is 0 Å². The number of hydrogen-bond donors (Lipinski definition) is 2. The quantitative estimate of drug-likeness (QED) is 0.812. The summed E-state index contributed by atoms with van der Waals surface area (Å²) < 4.78 is 3.00. The fraction of sp³-hybridized carbons (Fsp3) is 0.400. The van der Waals surface area contributed by atoms with Crippen LogP contribution in [0.25, 0.3) is 0 Å². The van der Waals surface area contributed by atoms with E-state index in [1.165, 1.54) is 0 Å². The highest BCUT2D eigenvalue weighted by atomic mass is 35.6. The average Bonchev–Trinajstić information content (AvgIpc) is 2.54. The molecule has 0 unspecified atom stereocenters. The number of carbonyl (C=O) groups excluding carboxylic acids is 1. The number of hydrogen-bond acceptors (Lipinski definition) is 4. The van der Waals surface area contributed by atoms with Crippen LogP contribution in [-0.4, -0.2) is 27.6 Å². The van der Waals surface area contributed by atoms with Gasteiger partial charge in [-0.15, -0.1) is 11.3 Å². The molecule has 0 saturated carbocycles. The van der Waals surface area contributed by atoms with Gasteiger partial charge in [-0.05, 0) is 25.0 Å². The zero-order valence-electron chi connectivity index (χ0n) is 9.92. The number of thiophene rings is 1. The van der Waals surface area contributed by atoms with Crippen LogP contribution in [0.5, 0.6) is 0 Å². The van der Waals surface area contributed by atoms with E-state index >= 15 is 0 Å². The molecule has 1 aromatic rings. The molecule has 9 heteroatoms. The van der Waals surface area contributed by atoms with Crippen molar-refractivity contribution in [2.45, 2.75) is 17.6 Å². The minimum absolute atomic E-state index is 0.161. The molecule has 0 radical (unpaired) electrons. The van der Waals surface area contributed by atoms with E-state index in [4.69, 9.17) is 39.9 Å². The Hall–Kier alpha value is -0.690. The van der Waals surface area contributed by atoms with Crippen LogP contribution in [0.3, 0.4) is 0 Å². The number of rotatable bonds is 3. The number of carboxylic acids is 1. The number of anilines is 1. The number of halogens is 3. The first-order valence-corrected chi connectivity index (χ1v) is 6.90. The Morgan fingerprint density at radius 2 is 1.89 bits per heavy atom. The van der Waals surface area contributed by atoms with E-state index < -0.39 is 22.5 Å². The lowest BCUT2D eigenvalue weighted by atomic mass is 10.2. The summed E-state index contributed by atoms with van der Waals surface area (Å²) in [5, 5.41) is 11.8. The summed E-state index contributed by atoms with van der Waals surface area (Å²) in [5.74, 6) is -1.05. The first kappa shape index (κ1) is 16.4. The fourth-order valence-electron chi connectivity index (χ4n) is 1.20. The van der Waals surface area contributed by atoms with Crippen molar-refractivity contribution in [1.29, 1.82) is 0 Å². The number of carbonyl (C=O) groups is 2. The molecule has 1 amide bonds. The topological polar surface area (TPSA) is 75.6 Å². The predicted molar refractivity (Wildman–Crippen MR) is 76.0 cm³/mol. The highest BCUT2D eigenvalue weighted by molar-refractivity contribution is 7.18. The third-order valence-electron chi connectivity index (χ3n) is 2.22. The van der Waals surface area contributed by atoms with Gasteiger partial charge in [0.15, 0.2) is 0 Å². The third kappa shape index (κ3) is 4.72. The molecular weight excluding hydrogens is 337 g/mol. The summed E-state index contributed by atoms with van der Waals surface area (Å²) in [4.78, 5) is 22.6. The third-order valence-corrected chi connectivity index (χ3v) is 3.85. The van der Waals surface area contributed by atoms with Crippen molar-refractivity contribution in [3.63, 3.8) is 0 Å². The van der Waals surface area contributed by atoms with Crippen LogP contribution in [0.2, 0.25) is 0 Å². The molecule has 0 aliphatic heterocycles. The Bertz CT molecular complexity index is 510. The zero-order chi connectivity index (χ0) is 14.8. The lowest BCUT2D eigenvalue weighted by Crippen LogP contribution is -2.21. The smallest absolute Gasteiger partial charge is 0.412 e. The maximum atomic E-state index is 11.5.